The minimum absolute atomic E-state index is 0.272. The molecule has 0 radical (unpaired) electrons. The maximum atomic E-state index is 12.5. The predicted molar refractivity (Wildman–Crippen MR) is 89.2 cm³/mol. The van der Waals surface area contributed by atoms with E-state index in [1.807, 2.05) is 35.2 Å². The van der Waals surface area contributed by atoms with Gasteiger partial charge in [0.15, 0.2) is 0 Å². The van der Waals surface area contributed by atoms with E-state index in [2.05, 4.69) is 10.3 Å². The summed E-state index contributed by atoms with van der Waals surface area (Å²) >= 11 is 0. The number of hydrogen-bond donors (Lipinski definition) is 2. The third kappa shape index (κ3) is 3.78. The Morgan fingerprint density at radius 3 is 2.54 bits per heavy atom. The lowest BCUT2D eigenvalue weighted by Crippen LogP contribution is -2.32. The van der Waals surface area contributed by atoms with Crippen molar-refractivity contribution in [3.8, 4) is 0 Å². The number of hydrogen-bond acceptors (Lipinski definition) is 4. The third-order valence-electron chi connectivity index (χ3n) is 4.23. The van der Waals surface area contributed by atoms with Crippen LogP contribution in [0.15, 0.2) is 54.9 Å². The summed E-state index contributed by atoms with van der Waals surface area (Å²) in [6.07, 6.45) is 3.16. The molecule has 3 rings (SSSR count). The van der Waals surface area contributed by atoms with E-state index < -0.39 is 17.8 Å². The zero-order valence-electron chi connectivity index (χ0n) is 13.1. The number of aliphatic carboxylic acids is 1. The molecule has 1 aliphatic heterocycles. The molecule has 2 N–H and O–H groups in total. The van der Waals surface area contributed by atoms with Gasteiger partial charge in [-0.1, -0.05) is 30.3 Å². The van der Waals surface area contributed by atoms with Crippen LogP contribution in [0.5, 0.6) is 0 Å². The van der Waals surface area contributed by atoms with Crippen LogP contribution in [-0.2, 0) is 16.1 Å². The van der Waals surface area contributed by atoms with Crippen molar-refractivity contribution in [1.82, 2.24) is 9.88 Å². The molecule has 6 heteroatoms. The highest BCUT2D eigenvalue weighted by Crippen LogP contribution is 2.26. The van der Waals surface area contributed by atoms with Crippen LogP contribution in [0.4, 0.5) is 5.69 Å². The lowest BCUT2D eigenvalue weighted by atomic mass is 9.95. The first-order chi connectivity index (χ1) is 11.6. The fourth-order valence-corrected chi connectivity index (χ4v) is 3.04. The van der Waals surface area contributed by atoms with Crippen molar-refractivity contribution in [2.24, 2.45) is 11.8 Å². The Bertz CT molecular complexity index is 706. The molecule has 1 fully saturated rings. The van der Waals surface area contributed by atoms with Gasteiger partial charge >= 0.3 is 5.97 Å². The normalized spacial score (nSPS) is 20.7. The summed E-state index contributed by atoms with van der Waals surface area (Å²) in [4.78, 5) is 30.0. The first kappa shape index (κ1) is 16.1. The monoisotopic (exact) mass is 325 g/mol. The molecule has 0 aliphatic carbocycles. The van der Waals surface area contributed by atoms with Gasteiger partial charge < -0.3 is 10.4 Å². The summed E-state index contributed by atoms with van der Waals surface area (Å²) in [5, 5.41) is 12.2. The molecule has 0 bridgehead atoms. The van der Waals surface area contributed by atoms with Crippen LogP contribution in [0, 0.1) is 11.8 Å². The maximum Gasteiger partial charge on any atom is 0.308 e. The smallest absolute Gasteiger partial charge is 0.308 e. The number of amides is 1. The number of carboxylic acid groups (broad SMARTS) is 1. The van der Waals surface area contributed by atoms with E-state index in [4.69, 9.17) is 0 Å². The first-order valence-electron chi connectivity index (χ1n) is 7.83. The Labute approximate surface area is 140 Å². The van der Waals surface area contributed by atoms with Gasteiger partial charge in [-0.3, -0.25) is 19.5 Å². The standard InChI is InChI=1S/C18H19N3O3/c22-17(20-14-7-4-8-19-9-14)15-11-21(12-16(15)18(23)24)10-13-5-2-1-3-6-13/h1-9,15-16H,10-12H2,(H,20,22)(H,23,24). The molecule has 2 unspecified atom stereocenters. The maximum absolute atomic E-state index is 12.5. The van der Waals surface area contributed by atoms with Gasteiger partial charge in [-0.15, -0.1) is 0 Å². The van der Waals surface area contributed by atoms with Crippen molar-refractivity contribution in [2.75, 3.05) is 18.4 Å². The molecule has 1 amide bonds. The Hall–Kier alpha value is -2.73. The Kier molecular flexibility index (Phi) is 4.86. The van der Waals surface area contributed by atoms with Gasteiger partial charge in [0, 0.05) is 25.8 Å². The molecule has 1 aromatic carbocycles. The van der Waals surface area contributed by atoms with Crippen molar-refractivity contribution in [2.45, 2.75) is 6.54 Å². The molecule has 24 heavy (non-hydrogen) atoms. The Morgan fingerprint density at radius 1 is 1.12 bits per heavy atom. The second-order valence-electron chi connectivity index (χ2n) is 5.96. The number of aromatic nitrogens is 1. The number of likely N-dealkylation sites (tertiary alicyclic amines) is 1. The number of carbonyl (C=O) groups is 2. The van der Waals surface area contributed by atoms with E-state index in [-0.39, 0.29) is 5.91 Å². The van der Waals surface area contributed by atoms with Crippen LogP contribution in [0.3, 0.4) is 0 Å². The molecular formula is C18H19N3O3. The van der Waals surface area contributed by atoms with Gasteiger partial charge in [-0.25, -0.2) is 0 Å². The lowest BCUT2D eigenvalue weighted by molar-refractivity contribution is -0.144. The number of carboxylic acids is 1. The van der Waals surface area contributed by atoms with E-state index in [9.17, 15) is 14.7 Å². The van der Waals surface area contributed by atoms with Crippen LogP contribution in [0.1, 0.15) is 5.56 Å². The molecule has 2 aromatic rings. The van der Waals surface area contributed by atoms with Gasteiger partial charge in [-0.05, 0) is 17.7 Å². The molecule has 0 saturated carbocycles. The van der Waals surface area contributed by atoms with E-state index in [0.717, 1.165) is 5.56 Å². The number of nitrogens with zero attached hydrogens (tertiary/aromatic N) is 2. The van der Waals surface area contributed by atoms with Crippen LogP contribution < -0.4 is 5.32 Å². The molecule has 0 spiro atoms. The van der Waals surface area contributed by atoms with Crippen molar-refractivity contribution in [1.29, 1.82) is 0 Å². The lowest BCUT2D eigenvalue weighted by Gasteiger charge is -2.16. The second kappa shape index (κ2) is 7.23. The van der Waals surface area contributed by atoms with Gasteiger partial charge in [-0.2, -0.15) is 0 Å². The van der Waals surface area contributed by atoms with E-state index >= 15 is 0 Å². The number of anilines is 1. The van der Waals surface area contributed by atoms with Gasteiger partial charge in [0.2, 0.25) is 5.91 Å². The van der Waals surface area contributed by atoms with E-state index in [1.54, 1.807) is 24.5 Å². The SMILES string of the molecule is O=C(O)C1CN(Cc2ccccc2)CC1C(=O)Nc1cccnc1. The highest BCUT2D eigenvalue weighted by Gasteiger charge is 2.41. The molecule has 1 aliphatic rings. The minimum Gasteiger partial charge on any atom is -0.481 e. The molecule has 2 heterocycles. The zero-order valence-corrected chi connectivity index (χ0v) is 13.1. The van der Waals surface area contributed by atoms with Gasteiger partial charge in [0.1, 0.15) is 0 Å². The Morgan fingerprint density at radius 2 is 1.88 bits per heavy atom. The molecule has 6 nitrogen and oxygen atoms in total. The van der Waals surface area contributed by atoms with Crippen molar-refractivity contribution >= 4 is 17.6 Å². The largest absolute Gasteiger partial charge is 0.481 e. The average molecular weight is 325 g/mol. The molecule has 1 saturated heterocycles. The van der Waals surface area contributed by atoms with Gasteiger partial charge in [0.05, 0.1) is 23.7 Å². The number of carbonyl (C=O) groups excluding carboxylic acids is 1. The van der Waals surface area contributed by atoms with Crippen molar-refractivity contribution in [3.63, 3.8) is 0 Å². The second-order valence-corrected chi connectivity index (χ2v) is 5.96. The molecule has 124 valence electrons. The van der Waals surface area contributed by atoms with Crippen molar-refractivity contribution < 1.29 is 14.7 Å². The number of pyridine rings is 1. The van der Waals surface area contributed by atoms with Crippen LogP contribution in [-0.4, -0.2) is 40.0 Å². The average Bonchev–Trinajstić information content (AvgIpc) is 3.01. The van der Waals surface area contributed by atoms with Gasteiger partial charge in [0.25, 0.3) is 0 Å². The summed E-state index contributed by atoms with van der Waals surface area (Å²) < 4.78 is 0. The highest BCUT2D eigenvalue weighted by atomic mass is 16.4. The molecule has 2 atom stereocenters. The third-order valence-corrected chi connectivity index (χ3v) is 4.23. The molecule has 1 aromatic heterocycles. The topological polar surface area (TPSA) is 82.5 Å². The zero-order chi connectivity index (χ0) is 16.9. The van der Waals surface area contributed by atoms with Crippen LogP contribution in [0.2, 0.25) is 0 Å². The molecular weight excluding hydrogens is 306 g/mol. The number of benzene rings is 1. The number of nitrogens with one attached hydrogen (secondary N) is 1. The van der Waals surface area contributed by atoms with Crippen molar-refractivity contribution in [3.05, 3.63) is 60.4 Å². The first-order valence-corrected chi connectivity index (χ1v) is 7.83. The van der Waals surface area contributed by atoms with Crippen LogP contribution in [0.25, 0.3) is 0 Å². The summed E-state index contributed by atoms with van der Waals surface area (Å²) in [7, 11) is 0. The minimum atomic E-state index is -0.933. The highest BCUT2D eigenvalue weighted by molar-refractivity contribution is 5.95. The van der Waals surface area contributed by atoms with E-state index in [0.29, 0.717) is 25.3 Å². The predicted octanol–water partition coefficient (Wildman–Crippen LogP) is 1.85. The summed E-state index contributed by atoms with van der Waals surface area (Å²) in [6.45, 7) is 1.44. The Balaban J connectivity index is 1.69. The number of rotatable bonds is 5. The van der Waals surface area contributed by atoms with Crippen LogP contribution >= 0.6 is 0 Å². The summed E-state index contributed by atoms with van der Waals surface area (Å²) in [6, 6.07) is 13.3. The summed E-state index contributed by atoms with van der Waals surface area (Å²) in [5.74, 6) is -2.49. The van der Waals surface area contributed by atoms with E-state index in [1.165, 1.54) is 0 Å². The fourth-order valence-electron chi connectivity index (χ4n) is 3.04. The fraction of sp³-hybridized carbons (Fsp3) is 0.278. The summed E-state index contributed by atoms with van der Waals surface area (Å²) in [5.41, 5.74) is 1.68. The quantitative estimate of drug-likeness (QED) is 0.877.